The van der Waals surface area contributed by atoms with E-state index in [4.69, 9.17) is 0 Å². The van der Waals surface area contributed by atoms with Crippen molar-refractivity contribution in [3.05, 3.63) is 51.7 Å². The molecule has 0 saturated carbocycles. The van der Waals surface area contributed by atoms with E-state index in [9.17, 15) is 9.18 Å². The maximum atomic E-state index is 12.7. The zero-order valence-electron chi connectivity index (χ0n) is 9.49. The number of benzene rings is 1. The zero-order valence-corrected chi connectivity index (χ0v) is 11.4. The van der Waals surface area contributed by atoms with Crippen LogP contribution in [-0.4, -0.2) is 25.7 Å². The molecule has 2 aromatic rings. The summed E-state index contributed by atoms with van der Waals surface area (Å²) >= 11 is -0.407. The number of nitrogens with one attached hydrogen (secondary N) is 1. The third-order valence-electron chi connectivity index (χ3n) is 2.44. The van der Waals surface area contributed by atoms with Gasteiger partial charge in [0.1, 0.15) is 0 Å². The second-order valence-corrected chi connectivity index (χ2v) is 6.13. The van der Waals surface area contributed by atoms with E-state index < -0.39 is 15.8 Å². The van der Waals surface area contributed by atoms with Gasteiger partial charge in [-0.25, -0.2) is 0 Å². The van der Waals surface area contributed by atoms with Gasteiger partial charge in [-0.1, -0.05) is 0 Å². The molecule has 0 fully saturated rings. The maximum absolute atomic E-state index is 12.7. The standard InChI is InChI=1S/C12H11AsFN2O/c1-7-8(2)15-12(16-11(7)17)13-9-3-5-10(14)6-4-9/h3-6H,1-2H3,(H,15,16,17). The Morgan fingerprint density at radius 2 is 1.88 bits per heavy atom. The van der Waals surface area contributed by atoms with Crippen LogP contribution in [0.4, 0.5) is 4.39 Å². The number of aromatic amines is 1. The van der Waals surface area contributed by atoms with Crippen LogP contribution in [0.1, 0.15) is 11.3 Å². The number of nitrogens with zero attached hydrogens (tertiary/aromatic N) is 1. The topological polar surface area (TPSA) is 45.8 Å². The van der Waals surface area contributed by atoms with Gasteiger partial charge in [0.05, 0.1) is 0 Å². The van der Waals surface area contributed by atoms with E-state index in [0.29, 0.717) is 10.2 Å². The summed E-state index contributed by atoms with van der Waals surface area (Å²) in [6.07, 6.45) is 0. The second kappa shape index (κ2) is 4.84. The molecule has 0 spiro atoms. The van der Waals surface area contributed by atoms with Gasteiger partial charge < -0.3 is 0 Å². The minimum absolute atomic E-state index is 0.0927. The summed E-state index contributed by atoms with van der Waals surface area (Å²) in [7, 11) is 0. The summed E-state index contributed by atoms with van der Waals surface area (Å²) in [5.41, 5.74) is 1.31. The molecule has 2 rings (SSSR count). The van der Waals surface area contributed by atoms with Gasteiger partial charge in [-0.3, -0.25) is 0 Å². The molecule has 1 N–H and O–H groups in total. The van der Waals surface area contributed by atoms with Crippen LogP contribution in [0.15, 0.2) is 29.1 Å². The van der Waals surface area contributed by atoms with Crippen LogP contribution in [0.2, 0.25) is 0 Å². The quantitative estimate of drug-likeness (QED) is 0.803. The van der Waals surface area contributed by atoms with Gasteiger partial charge in [-0.05, 0) is 0 Å². The number of aromatic nitrogens is 2. The molecule has 0 aliphatic rings. The average Bonchev–Trinajstić information content (AvgIpc) is 2.29. The molecule has 1 heterocycles. The molecule has 0 aliphatic heterocycles. The van der Waals surface area contributed by atoms with Gasteiger partial charge in [-0.2, -0.15) is 0 Å². The zero-order chi connectivity index (χ0) is 12.4. The van der Waals surface area contributed by atoms with Crippen molar-refractivity contribution in [2.75, 3.05) is 0 Å². The number of rotatable bonds is 2. The second-order valence-electron chi connectivity index (χ2n) is 3.69. The monoisotopic (exact) mass is 293 g/mol. The molecule has 0 saturated heterocycles. The average molecular weight is 293 g/mol. The molecule has 0 aliphatic carbocycles. The Morgan fingerprint density at radius 1 is 1.24 bits per heavy atom. The van der Waals surface area contributed by atoms with Gasteiger partial charge in [0.2, 0.25) is 0 Å². The SMILES string of the molecule is Cc1nc([As]c2ccc(F)cc2)[nH]c(=O)c1C. The fourth-order valence-corrected chi connectivity index (χ4v) is 3.21. The molecule has 5 heteroatoms. The number of H-pyrrole nitrogens is 1. The van der Waals surface area contributed by atoms with Crippen molar-refractivity contribution in [1.82, 2.24) is 9.97 Å². The summed E-state index contributed by atoms with van der Waals surface area (Å²) in [5, 5.41) is 0. The van der Waals surface area contributed by atoms with Crippen molar-refractivity contribution < 1.29 is 4.39 Å². The fraction of sp³-hybridized carbons (Fsp3) is 0.167. The molecular formula is C12H11AsFN2O. The Bertz CT molecular complexity index is 592. The van der Waals surface area contributed by atoms with Crippen LogP contribution in [0.25, 0.3) is 0 Å². The van der Waals surface area contributed by atoms with Crippen molar-refractivity contribution in [3.8, 4) is 0 Å². The predicted octanol–water partition coefficient (Wildman–Crippen LogP) is 0.181. The molecule has 17 heavy (non-hydrogen) atoms. The molecule has 0 atom stereocenters. The number of hydrogen-bond acceptors (Lipinski definition) is 2. The van der Waals surface area contributed by atoms with E-state index in [2.05, 4.69) is 9.97 Å². The van der Waals surface area contributed by atoms with Crippen LogP contribution in [0.3, 0.4) is 0 Å². The van der Waals surface area contributed by atoms with E-state index in [-0.39, 0.29) is 11.4 Å². The van der Waals surface area contributed by atoms with Crippen molar-refractivity contribution in [1.29, 1.82) is 0 Å². The van der Waals surface area contributed by atoms with Crippen molar-refractivity contribution in [3.63, 3.8) is 0 Å². The van der Waals surface area contributed by atoms with Crippen LogP contribution in [-0.2, 0) is 0 Å². The number of aryl methyl sites for hydroxylation is 1. The van der Waals surface area contributed by atoms with Gasteiger partial charge in [0.15, 0.2) is 0 Å². The molecule has 1 aromatic carbocycles. The van der Waals surface area contributed by atoms with E-state index in [1.807, 2.05) is 6.92 Å². The third-order valence-corrected chi connectivity index (χ3v) is 4.50. The first kappa shape index (κ1) is 12.1. The molecule has 0 amide bonds. The first-order chi connectivity index (χ1) is 8.06. The van der Waals surface area contributed by atoms with Crippen LogP contribution in [0.5, 0.6) is 0 Å². The van der Waals surface area contributed by atoms with E-state index in [1.54, 1.807) is 19.1 Å². The minimum atomic E-state index is -0.407. The van der Waals surface area contributed by atoms with Gasteiger partial charge in [0, 0.05) is 0 Å². The Hall–Kier alpha value is -1.41. The predicted molar refractivity (Wildman–Crippen MR) is 65.8 cm³/mol. The Labute approximate surface area is 105 Å². The van der Waals surface area contributed by atoms with Crippen LogP contribution < -0.4 is 14.5 Å². The van der Waals surface area contributed by atoms with Gasteiger partial charge in [0.25, 0.3) is 0 Å². The normalized spacial score (nSPS) is 11.2. The van der Waals surface area contributed by atoms with E-state index in [0.717, 1.165) is 10.0 Å². The Balaban J connectivity index is 2.30. The molecule has 1 aromatic heterocycles. The molecule has 3 nitrogen and oxygen atoms in total. The molecule has 1 radical (unpaired) electrons. The van der Waals surface area contributed by atoms with Crippen molar-refractivity contribution >= 4 is 24.7 Å². The first-order valence-electron chi connectivity index (χ1n) is 5.11. The van der Waals surface area contributed by atoms with Gasteiger partial charge in [-0.15, -0.1) is 0 Å². The Kier molecular flexibility index (Phi) is 3.43. The first-order valence-corrected chi connectivity index (χ1v) is 6.99. The molecule has 87 valence electrons. The Morgan fingerprint density at radius 3 is 2.47 bits per heavy atom. The summed E-state index contributed by atoms with van der Waals surface area (Å²) in [4.78, 5) is 18.7. The fourth-order valence-electron chi connectivity index (χ4n) is 1.32. The molecule has 0 bridgehead atoms. The molecular weight excluding hydrogens is 282 g/mol. The summed E-state index contributed by atoms with van der Waals surface area (Å²) in [5.74, 6) is -0.253. The summed E-state index contributed by atoms with van der Waals surface area (Å²) < 4.78 is 14.4. The van der Waals surface area contributed by atoms with Gasteiger partial charge >= 0.3 is 105 Å². The third kappa shape index (κ3) is 2.83. The van der Waals surface area contributed by atoms with Crippen molar-refractivity contribution in [2.45, 2.75) is 13.8 Å². The van der Waals surface area contributed by atoms with E-state index in [1.165, 1.54) is 12.1 Å². The summed E-state index contributed by atoms with van der Waals surface area (Å²) in [6.45, 7) is 3.57. The molecule has 0 unspecified atom stereocenters. The van der Waals surface area contributed by atoms with Crippen molar-refractivity contribution in [2.24, 2.45) is 0 Å². The van der Waals surface area contributed by atoms with Crippen LogP contribution >= 0.6 is 0 Å². The van der Waals surface area contributed by atoms with E-state index >= 15 is 0 Å². The number of hydrogen-bond donors (Lipinski definition) is 1. The number of halogens is 1. The summed E-state index contributed by atoms with van der Waals surface area (Å²) in [6, 6.07) is 6.29. The van der Waals surface area contributed by atoms with Crippen LogP contribution in [0, 0.1) is 19.7 Å².